The maximum atomic E-state index is 11.8. The molecule has 1 heterocycles. The number of benzene rings is 1. The first-order chi connectivity index (χ1) is 9.08. The Hall–Kier alpha value is -0.810. The summed E-state index contributed by atoms with van der Waals surface area (Å²) in [6, 6.07) is 4.75. The summed E-state index contributed by atoms with van der Waals surface area (Å²) in [4.78, 5) is 11.8. The third-order valence-corrected chi connectivity index (χ3v) is 3.73. The third kappa shape index (κ3) is 3.83. The summed E-state index contributed by atoms with van der Waals surface area (Å²) in [7, 11) is 0. The van der Waals surface area contributed by atoms with E-state index in [4.69, 9.17) is 23.2 Å². The van der Waals surface area contributed by atoms with Crippen molar-refractivity contribution in [1.82, 2.24) is 10.6 Å². The third-order valence-electron chi connectivity index (χ3n) is 3.17. The zero-order chi connectivity index (χ0) is 13.8. The lowest BCUT2D eigenvalue weighted by atomic mass is 10.1. The van der Waals surface area contributed by atoms with Crippen LogP contribution in [0.3, 0.4) is 0 Å². The number of halogens is 2. The van der Waals surface area contributed by atoms with E-state index in [-0.39, 0.29) is 18.5 Å². The number of amides is 1. The van der Waals surface area contributed by atoms with E-state index in [9.17, 15) is 9.90 Å². The van der Waals surface area contributed by atoms with Gasteiger partial charge in [0.15, 0.2) is 0 Å². The van der Waals surface area contributed by atoms with Crippen LogP contribution in [0.4, 0.5) is 0 Å². The van der Waals surface area contributed by atoms with Crippen molar-refractivity contribution in [3.8, 4) is 0 Å². The number of rotatable bonds is 4. The molecule has 1 aliphatic rings. The molecule has 104 valence electrons. The molecule has 0 saturated carbocycles. The first-order valence-corrected chi connectivity index (χ1v) is 6.97. The normalized spacial score (nSPS) is 20.3. The molecular formula is C13H16Cl2N2O2. The van der Waals surface area contributed by atoms with Crippen LogP contribution in [0.25, 0.3) is 0 Å². The van der Waals surface area contributed by atoms with E-state index in [1.54, 1.807) is 18.2 Å². The van der Waals surface area contributed by atoms with E-state index in [2.05, 4.69) is 10.6 Å². The fraction of sp³-hybridized carbons (Fsp3) is 0.462. The molecule has 0 bridgehead atoms. The van der Waals surface area contributed by atoms with Gasteiger partial charge in [0.1, 0.15) is 0 Å². The summed E-state index contributed by atoms with van der Waals surface area (Å²) in [6.07, 6.45) is 1.00. The fourth-order valence-corrected chi connectivity index (χ4v) is 2.64. The van der Waals surface area contributed by atoms with Crippen molar-refractivity contribution in [2.45, 2.75) is 25.0 Å². The average molecular weight is 303 g/mol. The number of hydrogen-bond donors (Lipinski definition) is 3. The Labute approximate surface area is 122 Å². The van der Waals surface area contributed by atoms with Crippen LogP contribution >= 0.6 is 23.2 Å². The Balaban J connectivity index is 1.89. The molecule has 1 amide bonds. The predicted molar refractivity (Wildman–Crippen MR) is 75.5 cm³/mol. The summed E-state index contributed by atoms with van der Waals surface area (Å²) >= 11 is 11.8. The van der Waals surface area contributed by atoms with Crippen LogP contribution < -0.4 is 10.6 Å². The first-order valence-electron chi connectivity index (χ1n) is 6.22. The highest BCUT2D eigenvalue weighted by atomic mass is 35.5. The zero-order valence-electron chi connectivity index (χ0n) is 10.3. The van der Waals surface area contributed by atoms with Crippen molar-refractivity contribution in [3.05, 3.63) is 33.8 Å². The molecule has 2 atom stereocenters. The molecule has 19 heavy (non-hydrogen) atoms. The standard InChI is InChI=1S/C13H16Cl2N2O2/c14-8-3-4-9(10(15)6-8)12(18)7-17-13(19)11-2-1-5-16-11/h3-4,6,11-12,16,18H,1-2,5,7H2,(H,17,19)/t11-,12?/m0/s1. The molecule has 0 spiro atoms. The number of nitrogens with one attached hydrogen (secondary N) is 2. The molecule has 1 aliphatic heterocycles. The Bertz CT molecular complexity index is 462. The molecule has 1 fully saturated rings. The van der Waals surface area contributed by atoms with Crippen molar-refractivity contribution in [1.29, 1.82) is 0 Å². The molecular weight excluding hydrogens is 287 g/mol. The van der Waals surface area contributed by atoms with Crippen LogP contribution in [0.15, 0.2) is 18.2 Å². The van der Waals surface area contributed by atoms with Crippen molar-refractivity contribution < 1.29 is 9.90 Å². The van der Waals surface area contributed by atoms with Gasteiger partial charge in [0.05, 0.1) is 12.1 Å². The maximum absolute atomic E-state index is 11.8. The Morgan fingerprint density at radius 1 is 1.53 bits per heavy atom. The summed E-state index contributed by atoms with van der Waals surface area (Å²) in [5, 5.41) is 16.8. The van der Waals surface area contributed by atoms with Gasteiger partial charge in [-0.15, -0.1) is 0 Å². The highest BCUT2D eigenvalue weighted by Gasteiger charge is 2.22. The summed E-state index contributed by atoms with van der Waals surface area (Å²) in [6.45, 7) is 1.00. The summed E-state index contributed by atoms with van der Waals surface area (Å²) < 4.78 is 0. The van der Waals surface area contributed by atoms with Crippen LogP contribution in [-0.2, 0) is 4.79 Å². The van der Waals surface area contributed by atoms with Gasteiger partial charge in [-0.1, -0.05) is 29.3 Å². The topological polar surface area (TPSA) is 61.4 Å². The Morgan fingerprint density at radius 2 is 2.32 bits per heavy atom. The Kier molecular flexibility index (Phi) is 5.05. The van der Waals surface area contributed by atoms with Crippen LogP contribution in [0.2, 0.25) is 10.0 Å². The summed E-state index contributed by atoms with van der Waals surface area (Å²) in [5.41, 5.74) is 0.561. The molecule has 1 aromatic rings. The largest absolute Gasteiger partial charge is 0.387 e. The van der Waals surface area contributed by atoms with Gasteiger partial charge in [0.25, 0.3) is 0 Å². The van der Waals surface area contributed by atoms with E-state index in [0.29, 0.717) is 15.6 Å². The van der Waals surface area contributed by atoms with Gasteiger partial charge in [0, 0.05) is 22.2 Å². The lowest BCUT2D eigenvalue weighted by molar-refractivity contribution is -0.123. The van der Waals surface area contributed by atoms with Gasteiger partial charge in [-0.05, 0) is 31.5 Å². The second kappa shape index (κ2) is 6.57. The maximum Gasteiger partial charge on any atom is 0.237 e. The molecule has 1 unspecified atom stereocenters. The van der Waals surface area contributed by atoms with Crippen LogP contribution in [0.1, 0.15) is 24.5 Å². The van der Waals surface area contributed by atoms with E-state index in [0.717, 1.165) is 19.4 Å². The molecule has 6 heteroatoms. The SMILES string of the molecule is O=C(NCC(O)c1ccc(Cl)cc1Cl)[C@@H]1CCCN1. The van der Waals surface area contributed by atoms with Crippen LogP contribution in [0.5, 0.6) is 0 Å². The minimum absolute atomic E-state index is 0.0818. The first kappa shape index (κ1) is 14.6. The number of carbonyl (C=O) groups excluding carboxylic acids is 1. The predicted octanol–water partition coefficient (Wildman–Crippen LogP) is 1.89. The Morgan fingerprint density at radius 3 is 2.95 bits per heavy atom. The van der Waals surface area contributed by atoms with Gasteiger partial charge in [-0.25, -0.2) is 0 Å². The average Bonchev–Trinajstić information content (AvgIpc) is 2.89. The number of aliphatic hydroxyl groups is 1. The van der Waals surface area contributed by atoms with Gasteiger partial charge < -0.3 is 15.7 Å². The zero-order valence-corrected chi connectivity index (χ0v) is 11.8. The molecule has 4 nitrogen and oxygen atoms in total. The molecule has 3 N–H and O–H groups in total. The van der Waals surface area contributed by atoms with Gasteiger partial charge >= 0.3 is 0 Å². The van der Waals surface area contributed by atoms with E-state index in [1.807, 2.05) is 0 Å². The lowest BCUT2D eigenvalue weighted by Crippen LogP contribution is -2.41. The number of aliphatic hydroxyl groups excluding tert-OH is 1. The van der Waals surface area contributed by atoms with E-state index >= 15 is 0 Å². The fourth-order valence-electron chi connectivity index (χ4n) is 2.11. The number of carbonyl (C=O) groups is 1. The molecule has 0 radical (unpaired) electrons. The van der Waals surface area contributed by atoms with Crippen molar-refractivity contribution in [2.75, 3.05) is 13.1 Å². The molecule has 1 aromatic carbocycles. The molecule has 0 aromatic heterocycles. The highest BCUT2D eigenvalue weighted by Crippen LogP contribution is 2.25. The van der Waals surface area contributed by atoms with Gasteiger partial charge in [0.2, 0.25) is 5.91 Å². The van der Waals surface area contributed by atoms with Gasteiger partial charge in [-0.2, -0.15) is 0 Å². The van der Waals surface area contributed by atoms with Crippen LogP contribution in [-0.4, -0.2) is 30.1 Å². The van der Waals surface area contributed by atoms with Crippen LogP contribution in [0, 0.1) is 0 Å². The molecule has 2 rings (SSSR count). The molecule has 1 saturated heterocycles. The van der Waals surface area contributed by atoms with E-state index in [1.165, 1.54) is 0 Å². The lowest BCUT2D eigenvalue weighted by Gasteiger charge is -2.16. The van der Waals surface area contributed by atoms with Crippen molar-refractivity contribution >= 4 is 29.1 Å². The smallest absolute Gasteiger partial charge is 0.237 e. The van der Waals surface area contributed by atoms with Gasteiger partial charge in [-0.3, -0.25) is 4.79 Å². The van der Waals surface area contributed by atoms with Crippen molar-refractivity contribution in [2.24, 2.45) is 0 Å². The second-order valence-corrected chi connectivity index (χ2v) is 5.42. The monoisotopic (exact) mass is 302 g/mol. The molecule has 0 aliphatic carbocycles. The summed E-state index contributed by atoms with van der Waals surface area (Å²) in [5.74, 6) is -0.0818. The minimum Gasteiger partial charge on any atom is -0.387 e. The number of hydrogen-bond acceptors (Lipinski definition) is 3. The van der Waals surface area contributed by atoms with E-state index < -0.39 is 6.10 Å². The van der Waals surface area contributed by atoms with Crippen molar-refractivity contribution in [3.63, 3.8) is 0 Å². The highest BCUT2D eigenvalue weighted by molar-refractivity contribution is 6.35. The minimum atomic E-state index is -0.838. The second-order valence-electron chi connectivity index (χ2n) is 4.58. The quantitative estimate of drug-likeness (QED) is 0.796.